The van der Waals surface area contributed by atoms with Gasteiger partial charge in [-0.3, -0.25) is 4.98 Å². The van der Waals surface area contributed by atoms with Crippen molar-refractivity contribution in [2.45, 2.75) is 70.0 Å². The summed E-state index contributed by atoms with van der Waals surface area (Å²) in [6.45, 7) is 9.32. The van der Waals surface area contributed by atoms with Gasteiger partial charge in [0.1, 0.15) is 11.4 Å². The van der Waals surface area contributed by atoms with Crippen LogP contribution < -0.4 is 10.2 Å². The van der Waals surface area contributed by atoms with Crippen molar-refractivity contribution in [1.29, 1.82) is 0 Å². The van der Waals surface area contributed by atoms with E-state index in [0.717, 1.165) is 22.6 Å². The van der Waals surface area contributed by atoms with E-state index in [1.54, 1.807) is 7.11 Å². The lowest BCUT2D eigenvalue weighted by atomic mass is 9.80. The van der Waals surface area contributed by atoms with Gasteiger partial charge in [-0.1, -0.05) is 12.1 Å². The highest BCUT2D eigenvalue weighted by molar-refractivity contribution is 6.62. The normalized spacial score (nSPS) is 24.3. The van der Waals surface area contributed by atoms with Crippen molar-refractivity contribution in [1.82, 2.24) is 4.98 Å². The predicted molar refractivity (Wildman–Crippen MR) is 128 cm³/mol. The fraction of sp³-hybridized carbons (Fsp3) is 0.577. The van der Waals surface area contributed by atoms with Gasteiger partial charge in [0.2, 0.25) is 0 Å². The number of aromatic nitrogens is 1. The summed E-state index contributed by atoms with van der Waals surface area (Å²) in [6, 6.07) is 8.75. The van der Waals surface area contributed by atoms with Crippen LogP contribution in [0.3, 0.4) is 0 Å². The monoisotopic (exact) mass is 451 g/mol. The number of methoxy groups -OCH3 is 1. The largest absolute Gasteiger partial charge is 0.496 e. The van der Waals surface area contributed by atoms with Gasteiger partial charge in [0.15, 0.2) is 6.79 Å². The molecule has 0 radical (unpaired) electrons. The Morgan fingerprint density at radius 2 is 1.73 bits per heavy atom. The van der Waals surface area contributed by atoms with Crippen LogP contribution in [-0.2, 0) is 18.8 Å². The molecule has 2 atom stereocenters. The van der Waals surface area contributed by atoms with Crippen molar-refractivity contribution in [3.63, 3.8) is 0 Å². The molecule has 2 aromatic rings. The van der Waals surface area contributed by atoms with Gasteiger partial charge in [-0.15, -0.1) is 0 Å². The van der Waals surface area contributed by atoms with Crippen LogP contribution in [0.25, 0.3) is 11.3 Å². The molecule has 6 nitrogen and oxygen atoms in total. The average molecular weight is 451 g/mol. The smallest absolute Gasteiger partial charge is 0.465 e. The molecule has 176 valence electrons. The van der Waals surface area contributed by atoms with Crippen molar-refractivity contribution in [2.24, 2.45) is 0 Å². The Balaban J connectivity index is 1.44. The van der Waals surface area contributed by atoms with Crippen molar-refractivity contribution in [2.75, 3.05) is 27.1 Å². The summed E-state index contributed by atoms with van der Waals surface area (Å²) in [5.74, 6) is 2.10. The Bertz CT molecular complexity index is 1010. The Morgan fingerprint density at radius 3 is 2.45 bits per heavy atom. The van der Waals surface area contributed by atoms with Gasteiger partial charge in [0.05, 0.1) is 24.4 Å². The number of rotatable bonds is 8. The maximum Gasteiger partial charge on any atom is 0.496 e. The molecule has 2 bridgehead atoms. The molecule has 2 aliphatic carbocycles. The van der Waals surface area contributed by atoms with E-state index in [1.807, 2.05) is 40.0 Å². The maximum absolute atomic E-state index is 6.24. The topological polar surface area (TPSA) is 59.0 Å². The van der Waals surface area contributed by atoms with Crippen molar-refractivity contribution in [3.8, 4) is 17.0 Å². The van der Waals surface area contributed by atoms with Crippen LogP contribution >= 0.6 is 0 Å². The molecule has 5 rings (SSSR count). The first-order chi connectivity index (χ1) is 15.8. The highest BCUT2D eigenvalue weighted by atomic mass is 16.7. The van der Waals surface area contributed by atoms with Crippen molar-refractivity contribution >= 4 is 12.6 Å². The number of hydrogen-bond donors (Lipinski definition) is 0. The van der Waals surface area contributed by atoms with Crippen LogP contribution in [0.15, 0.2) is 30.5 Å². The quantitative estimate of drug-likeness (QED) is 0.337. The second-order valence-electron chi connectivity index (χ2n) is 10.4. The Kier molecular flexibility index (Phi) is 6.02. The van der Waals surface area contributed by atoms with Gasteiger partial charge < -0.3 is 23.5 Å². The summed E-state index contributed by atoms with van der Waals surface area (Å²) in [4.78, 5) is 4.83. The Morgan fingerprint density at radius 1 is 1.00 bits per heavy atom. The third kappa shape index (κ3) is 4.21. The van der Waals surface area contributed by atoms with E-state index in [0.29, 0.717) is 24.9 Å². The highest BCUT2D eigenvalue weighted by Crippen LogP contribution is 2.53. The molecule has 2 fully saturated rings. The number of hydrogen-bond acceptors (Lipinski definition) is 6. The third-order valence-corrected chi connectivity index (χ3v) is 7.80. The Labute approximate surface area is 197 Å². The van der Waals surface area contributed by atoms with Crippen LogP contribution in [0, 0.1) is 0 Å². The summed E-state index contributed by atoms with van der Waals surface area (Å²) in [7, 11) is 1.16. The summed E-state index contributed by atoms with van der Waals surface area (Å²) < 4.78 is 29.2. The zero-order valence-electron chi connectivity index (χ0n) is 20.3. The lowest BCUT2D eigenvalue weighted by molar-refractivity contribution is -0.00832. The number of pyridine rings is 1. The molecule has 1 aromatic heterocycles. The summed E-state index contributed by atoms with van der Waals surface area (Å²) in [6.07, 6.45) is 5.76. The lowest BCUT2D eigenvalue weighted by Gasteiger charge is -2.32. The van der Waals surface area contributed by atoms with Gasteiger partial charge in [0, 0.05) is 24.3 Å². The minimum atomic E-state index is -0.496. The summed E-state index contributed by atoms with van der Waals surface area (Å²) >= 11 is 0. The number of ether oxygens (including phenoxy) is 3. The van der Waals surface area contributed by atoms with Gasteiger partial charge in [-0.25, -0.2) is 0 Å². The van der Waals surface area contributed by atoms with E-state index in [-0.39, 0.29) is 6.79 Å². The molecule has 33 heavy (non-hydrogen) atoms. The summed E-state index contributed by atoms with van der Waals surface area (Å²) in [5.41, 5.74) is 4.91. The molecule has 0 spiro atoms. The van der Waals surface area contributed by atoms with E-state index in [1.165, 1.54) is 30.4 Å². The molecule has 3 aliphatic rings. The van der Waals surface area contributed by atoms with Gasteiger partial charge in [-0.05, 0) is 82.1 Å². The third-order valence-electron chi connectivity index (χ3n) is 7.80. The van der Waals surface area contributed by atoms with E-state index in [2.05, 4.69) is 18.2 Å². The molecular weight excluding hydrogens is 417 g/mol. The number of fused-ring (bicyclic) bond motifs is 5. The molecule has 1 aliphatic heterocycles. The van der Waals surface area contributed by atoms with E-state index >= 15 is 0 Å². The molecule has 7 heteroatoms. The molecule has 1 saturated carbocycles. The molecule has 0 amide bonds. The van der Waals surface area contributed by atoms with E-state index in [9.17, 15) is 0 Å². The van der Waals surface area contributed by atoms with E-state index < -0.39 is 18.3 Å². The van der Waals surface area contributed by atoms with Gasteiger partial charge in [-0.2, -0.15) is 0 Å². The standard InChI is InChI=1S/C26H34BNO5/c1-25(2)26(3,4)33-27(32-25)20-14-23(31-16-30-11-10-29-5)24(28-15-20)19-8-9-21-17-6-7-18(12-17)22(21)13-19/h8-9,13-15,17-18H,6-7,10-12,16H2,1-5H3. The van der Waals surface area contributed by atoms with Crippen LogP contribution in [0.1, 0.15) is 69.9 Å². The van der Waals surface area contributed by atoms with Crippen LogP contribution in [0.4, 0.5) is 0 Å². The SMILES string of the molecule is COCCOCOc1cc(B2OC(C)(C)C(C)(C)O2)cnc1-c1ccc2c(c1)C1CCC2C1. The molecule has 0 N–H and O–H groups in total. The second-order valence-corrected chi connectivity index (χ2v) is 10.4. The zero-order chi connectivity index (χ0) is 23.2. The Hall–Kier alpha value is -1.93. The first-order valence-corrected chi connectivity index (χ1v) is 12.0. The van der Waals surface area contributed by atoms with Gasteiger partial charge >= 0.3 is 7.12 Å². The zero-order valence-corrected chi connectivity index (χ0v) is 20.3. The van der Waals surface area contributed by atoms with Crippen molar-refractivity contribution in [3.05, 3.63) is 41.6 Å². The fourth-order valence-electron chi connectivity index (χ4n) is 5.19. The van der Waals surface area contributed by atoms with Crippen molar-refractivity contribution < 1.29 is 23.5 Å². The predicted octanol–water partition coefficient (Wildman–Crippen LogP) is 4.41. The summed E-state index contributed by atoms with van der Waals surface area (Å²) in [5, 5.41) is 0. The maximum atomic E-state index is 6.24. The second kappa shape index (κ2) is 8.69. The lowest BCUT2D eigenvalue weighted by Crippen LogP contribution is -2.41. The molecular formula is C26H34BNO5. The number of benzene rings is 1. The molecule has 2 unspecified atom stereocenters. The molecule has 1 saturated heterocycles. The number of nitrogens with zero attached hydrogens (tertiary/aromatic N) is 1. The van der Waals surface area contributed by atoms with E-state index in [4.69, 9.17) is 28.5 Å². The minimum Gasteiger partial charge on any atom is -0.465 e. The average Bonchev–Trinajstić information content (AvgIpc) is 3.46. The van der Waals surface area contributed by atoms with Crippen LogP contribution in [0.2, 0.25) is 0 Å². The van der Waals surface area contributed by atoms with Gasteiger partial charge in [0.25, 0.3) is 0 Å². The first kappa shape index (κ1) is 22.8. The first-order valence-electron chi connectivity index (χ1n) is 12.0. The highest BCUT2D eigenvalue weighted by Gasteiger charge is 2.52. The van der Waals surface area contributed by atoms with Crippen LogP contribution in [0.5, 0.6) is 5.75 Å². The fourth-order valence-corrected chi connectivity index (χ4v) is 5.19. The molecule has 2 heterocycles. The minimum absolute atomic E-state index is 0.125. The van der Waals surface area contributed by atoms with Crippen LogP contribution in [-0.4, -0.2) is 50.4 Å². The molecule has 1 aromatic carbocycles.